The molecule has 0 amide bonds. The van der Waals surface area contributed by atoms with Crippen LogP contribution in [0.2, 0.25) is 0 Å². The summed E-state index contributed by atoms with van der Waals surface area (Å²) in [6, 6.07) is 17.7. The van der Waals surface area contributed by atoms with Crippen molar-refractivity contribution in [2.24, 2.45) is 10.7 Å². The van der Waals surface area contributed by atoms with Crippen molar-refractivity contribution in [2.45, 2.75) is 13.5 Å². The summed E-state index contributed by atoms with van der Waals surface area (Å²) in [5.74, 6) is 0.931. The van der Waals surface area contributed by atoms with Gasteiger partial charge in [0.25, 0.3) is 0 Å². The fourth-order valence-electron chi connectivity index (χ4n) is 2.08. The number of aryl methyl sites for hydroxylation is 1. The fraction of sp³-hybridized carbons (Fsp3) is 0.111. The zero-order valence-electron chi connectivity index (χ0n) is 13.3. The summed E-state index contributed by atoms with van der Waals surface area (Å²) in [4.78, 5) is 8.70. The van der Waals surface area contributed by atoms with Gasteiger partial charge in [-0.3, -0.25) is 0 Å². The van der Waals surface area contributed by atoms with Crippen LogP contribution >= 0.6 is 24.0 Å². The predicted molar refractivity (Wildman–Crippen MR) is 107 cm³/mol. The van der Waals surface area contributed by atoms with E-state index in [0.717, 1.165) is 16.9 Å². The van der Waals surface area contributed by atoms with Gasteiger partial charge < -0.3 is 15.5 Å². The Hall–Kier alpha value is -2.35. The molecule has 0 fully saturated rings. The van der Waals surface area contributed by atoms with Gasteiger partial charge in [0.2, 0.25) is 5.89 Å². The van der Waals surface area contributed by atoms with Crippen LogP contribution in [0.15, 0.2) is 70.3 Å². The van der Waals surface area contributed by atoms with Gasteiger partial charge in [-0.1, -0.05) is 35.9 Å². The Labute approximate surface area is 158 Å². The first-order valence-corrected chi connectivity index (χ1v) is 7.34. The molecule has 3 rings (SSSR count). The number of para-hydroxylation sites is 1. The van der Waals surface area contributed by atoms with E-state index in [1.807, 2.05) is 61.5 Å². The largest absolute Gasteiger partial charge is 0.444 e. The van der Waals surface area contributed by atoms with Gasteiger partial charge in [0.15, 0.2) is 5.96 Å². The van der Waals surface area contributed by atoms with Crippen LogP contribution in [0.5, 0.6) is 0 Å². The Kier molecular flexibility index (Phi) is 6.36. The number of hydrogen-bond donors (Lipinski definition) is 2. The fourth-order valence-corrected chi connectivity index (χ4v) is 2.08. The molecule has 5 nitrogen and oxygen atoms in total. The molecule has 2 aromatic carbocycles. The van der Waals surface area contributed by atoms with Crippen LogP contribution in [0, 0.1) is 6.92 Å². The van der Waals surface area contributed by atoms with Gasteiger partial charge >= 0.3 is 0 Å². The normalized spacial score (nSPS) is 11.0. The molecule has 124 valence electrons. The highest BCUT2D eigenvalue weighted by Crippen LogP contribution is 2.19. The lowest BCUT2D eigenvalue weighted by atomic mass is 10.1. The zero-order valence-corrected chi connectivity index (χ0v) is 15.6. The second-order valence-corrected chi connectivity index (χ2v) is 5.20. The summed E-state index contributed by atoms with van der Waals surface area (Å²) in [6.07, 6.45) is 1.61. The maximum absolute atomic E-state index is 5.87. The Morgan fingerprint density at radius 1 is 1.12 bits per heavy atom. The van der Waals surface area contributed by atoms with Crippen LogP contribution in [-0.2, 0) is 6.54 Å². The number of anilines is 1. The van der Waals surface area contributed by atoms with Crippen molar-refractivity contribution in [3.8, 4) is 11.5 Å². The summed E-state index contributed by atoms with van der Waals surface area (Å²) in [5.41, 5.74) is 9.65. The molecule has 0 bridgehead atoms. The number of aromatic nitrogens is 1. The van der Waals surface area contributed by atoms with Crippen molar-refractivity contribution in [1.82, 2.24) is 4.98 Å². The maximum Gasteiger partial charge on any atom is 0.226 e. The molecule has 0 aliphatic carbocycles. The highest BCUT2D eigenvalue weighted by atomic mass is 127. The minimum atomic E-state index is 0. The van der Waals surface area contributed by atoms with Gasteiger partial charge in [-0.05, 0) is 31.2 Å². The van der Waals surface area contributed by atoms with E-state index in [-0.39, 0.29) is 24.0 Å². The topological polar surface area (TPSA) is 76.4 Å². The highest BCUT2D eigenvalue weighted by molar-refractivity contribution is 14.0. The van der Waals surface area contributed by atoms with Crippen molar-refractivity contribution < 1.29 is 4.42 Å². The Balaban J connectivity index is 0.00000208. The van der Waals surface area contributed by atoms with Gasteiger partial charge in [-0.15, -0.1) is 24.0 Å². The molecule has 3 aromatic rings. The molecule has 0 atom stereocenters. The molecule has 1 aromatic heterocycles. The number of rotatable bonds is 4. The smallest absolute Gasteiger partial charge is 0.226 e. The number of benzene rings is 2. The van der Waals surface area contributed by atoms with Crippen LogP contribution < -0.4 is 11.1 Å². The van der Waals surface area contributed by atoms with Crippen LogP contribution in [0.1, 0.15) is 11.3 Å². The molecule has 0 spiro atoms. The summed E-state index contributed by atoms with van der Waals surface area (Å²) in [5, 5.41) is 3.03. The Bertz CT molecular complexity index is 797. The van der Waals surface area contributed by atoms with E-state index < -0.39 is 0 Å². The van der Waals surface area contributed by atoms with Crippen molar-refractivity contribution in [3.05, 3.63) is 72.1 Å². The first-order chi connectivity index (χ1) is 11.2. The molecule has 0 unspecified atom stereocenters. The lowest BCUT2D eigenvalue weighted by molar-refractivity contribution is 0.572. The molecule has 24 heavy (non-hydrogen) atoms. The molecule has 0 radical (unpaired) electrons. The highest BCUT2D eigenvalue weighted by Gasteiger charge is 2.06. The van der Waals surface area contributed by atoms with Gasteiger partial charge in [0.1, 0.15) is 12.0 Å². The molecular weight excluding hydrogens is 415 g/mol. The Morgan fingerprint density at radius 2 is 1.83 bits per heavy atom. The summed E-state index contributed by atoms with van der Waals surface area (Å²) >= 11 is 0. The third-order valence-corrected chi connectivity index (χ3v) is 3.31. The molecule has 0 aliphatic rings. The standard InChI is InChI=1S/C18H18N4O.HI/c1-13-7-9-14(10-8-13)17-21-16(12-23-17)11-20-18(19)22-15-5-3-2-4-6-15;/h2-10,12H,11H2,1H3,(H3,19,20,22);1H. The number of guanidine groups is 1. The van der Waals surface area contributed by atoms with Gasteiger partial charge in [-0.25, -0.2) is 9.98 Å². The van der Waals surface area contributed by atoms with Crippen molar-refractivity contribution in [3.63, 3.8) is 0 Å². The van der Waals surface area contributed by atoms with Crippen molar-refractivity contribution in [1.29, 1.82) is 0 Å². The Morgan fingerprint density at radius 3 is 2.54 bits per heavy atom. The molecule has 1 heterocycles. The summed E-state index contributed by atoms with van der Waals surface area (Å²) in [6.45, 7) is 2.41. The summed E-state index contributed by atoms with van der Waals surface area (Å²) in [7, 11) is 0. The number of nitrogens with zero attached hydrogens (tertiary/aromatic N) is 2. The maximum atomic E-state index is 5.87. The zero-order chi connectivity index (χ0) is 16.1. The molecule has 0 saturated carbocycles. The number of halogens is 1. The monoisotopic (exact) mass is 434 g/mol. The molecular formula is C18H19IN4O. The van der Waals surface area contributed by atoms with Gasteiger partial charge in [-0.2, -0.15) is 0 Å². The van der Waals surface area contributed by atoms with Crippen LogP contribution in [0.3, 0.4) is 0 Å². The minimum absolute atomic E-state index is 0. The molecule has 0 aliphatic heterocycles. The lowest BCUT2D eigenvalue weighted by Gasteiger charge is -2.04. The second-order valence-electron chi connectivity index (χ2n) is 5.20. The van der Waals surface area contributed by atoms with E-state index >= 15 is 0 Å². The van der Waals surface area contributed by atoms with Crippen LogP contribution in [0.4, 0.5) is 5.69 Å². The predicted octanol–water partition coefficient (Wildman–Crippen LogP) is 4.19. The number of nitrogens with two attached hydrogens (primary N) is 1. The van der Waals surface area contributed by atoms with E-state index in [0.29, 0.717) is 18.4 Å². The van der Waals surface area contributed by atoms with Crippen molar-refractivity contribution >= 4 is 35.6 Å². The second kappa shape index (κ2) is 8.49. The van der Waals surface area contributed by atoms with E-state index in [2.05, 4.69) is 15.3 Å². The van der Waals surface area contributed by atoms with Crippen LogP contribution in [-0.4, -0.2) is 10.9 Å². The number of aliphatic imine (C=N–C) groups is 1. The average molecular weight is 434 g/mol. The van der Waals surface area contributed by atoms with E-state index in [1.165, 1.54) is 5.56 Å². The third kappa shape index (κ3) is 4.82. The number of hydrogen-bond acceptors (Lipinski definition) is 3. The minimum Gasteiger partial charge on any atom is -0.444 e. The van der Waals surface area contributed by atoms with Gasteiger partial charge in [0, 0.05) is 11.3 Å². The molecule has 6 heteroatoms. The molecule has 0 saturated heterocycles. The average Bonchev–Trinajstić information content (AvgIpc) is 3.04. The van der Waals surface area contributed by atoms with E-state index in [1.54, 1.807) is 6.26 Å². The lowest BCUT2D eigenvalue weighted by Crippen LogP contribution is -2.22. The SMILES string of the molecule is Cc1ccc(-c2nc(CN=C(N)Nc3ccccc3)co2)cc1.I. The first-order valence-electron chi connectivity index (χ1n) is 7.34. The molecule has 3 N–H and O–H groups in total. The van der Waals surface area contributed by atoms with Crippen LogP contribution in [0.25, 0.3) is 11.5 Å². The quantitative estimate of drug-likeness (QED) is 0.367. The first kappa shape index (κ1) is 18.0. The summed E-state index contributed by atoms with van der Waals surface area (Å²) < 4.78 is 5.50. The number of nitrogens with one attached hydrogen (secondary N) is 1. The van der Waals surface area contributed by atoms with E-state index in [9.17, 15) is 0 Å². The van der Waals surface area contributed by atoms with Crippen molar-refractivity contribution in [2.75, 3.05) is 5.32 Å². The third-order valence-electron chi connectivity index (χ3n) is 3.31. The van der Waals surface area contributed by atoms with E-state index in [4.69, 9.17) is 10.2 Å². The number of oxazole rings is 1. The van der Waals surface area contributed by atoms with Gasteiger partial charge in [0.05, 0.1) is 6.54 Å².